The fourth-order valence-corrected chi connectivity index (χ4v) is 1.76. The van der Waals surface area contributed by atoms with Gasteiger partial charge in [0, 0.05) is 12.6 Å². The highest BCUT2D eigenvalue weighted by atomic mass is 32.1. The van der Waals surface area contributed by atoms with E-state index in [1.807, 2.05) is 19.0 Å². The molecule has 0 bridgehead atoms. The van der Waals surface area contributed by atoms with Crippen LogP contribution in [0.4, 0.5) is 0 Å². The first-order chi connectivity index (χ1) is 8.72. The first-order valence-corrected chi connectivity index (χ1v) is 6.65. The molecule has 0 saturated carbocycles. The van der Waals surface area contributed by atoms with Gasteiger partial charge in [0.05, 0.1) is 11.5 Å². The minimum atomic E-state index is -0.708. The summed E-state index contributed by atoms with van der Waals surface area (Å²) in [5.74, 6) is -0.922. The van der Waals surface area contributed by atoms with E-state index in [1.54, 1.807) is 0 Å². The molecule has 0 radical (unpaired) electrons. The Bertz CT molecular complexity index is 322. The van der Waals surface area contributed by atoms with E-state index in [4.69, 9.17) is 5.73 Å². The van der Waals surface area contributed by atoms with Crippen molar-refractivity contribution in [1.82, 2.24) is 15.5 Å². The monoisotopic (exact) mass is 288 g/mol. The van der Waals surface area contributed by atoms with Crippen molar-refractivity contribution >= 4 is 29.0 Å². The third-order valence-corrected chi connectivity index (χ3v) is 2.45. The van der Waals surface area contributed by atoms with Crippen molar-refractivity contribution in [2.45, 2.75) is 26.3 Å². The van der Waals surface area contributed by atoms with Crippen LogP contribution in [-0.2, 0) is 9.59 Å². The highest BCUT2D eigenvalue weighted by Gasteiger charge is 2.19. The van der Waals surface area contributed by atoms with E-state index in [0.29, 0.717) is 12.5 Å². The molecule has 0 aliphatic rings. The van der Waals surface area contributed by atoms with E-state index in [9.17, 15) is 9.59 Å². The molecule has 1 atom stereocenters. The summed E-state index contributed by atoms with van der Waals surface area (Å²) in [6, 6.07) is -0.0573. The molecule has 0 saturated heterocycles. The fourth-order valence-electron chi connectivity index (χ4n) is 1.69. The number of hydrogen-bond donors (Lipinski definition) is 3. The Morgan fingerprint density at radius 3 is 2.26 bits per heavy atom. The summed E-state index contributed by atoms with van der Waals surface area (Å²) in [6.45, 7) is 4.86. The van der Waals surface area contributed by atoms with Gasteiger partial charge in [-0.1, -0.05) is 26.1 Å². The molecule has 1 unspecified atom stereocenters. The average molecular weight is 288 g/mol. The number of nitrogens with one attached hydrogen (secondary N) is 2. The molecule has 0 heterocycles. The van der Waals surface area contributed by atoms with E-state index < -0.39 is 11.8 Å². The van der Waals surface area contributed by atoms with Crippen molar-refractivity contribution in [3.8, 4) is 0 Å². The number of thiocarbonyl (C=S) groups is 1. The zero-order valence-corrected chi connectivity index (χ0v) is 12.8. The molecule has 0 aromatic carbocycles. The molecular formula is C12H24N4O2S. The number of nitrogens with two attached hydrogens (primary N) is 1. The van der Waals surface area contributed by atoms with Crippen molar-refractivity contribution in [2.75, 3.05) is 27.2 Å². The number of carbonyl (C=O) groups excluding carboxylic acids is 2. The number of rotatable bonds is 7. The first kappa shape index (κ1) is 17.8. The second kappa shape index (κ2) is 8.82. The molecule has 6 nitrogen and oxygen atoms in total. The molecule has 2 amide bonds. The Labute approximate surface area is 120 Å². The topological polar surface area (TPSA) is 87.5 Å². The van der Waals surface area contributed by atoms with Gasteiger partial charge in [0.15, 0.2) is 0 Å². The molecule has 0 aliphatic heterocycles. The molecule has 19 heavy (non-hydrogen) atoms. The van der Waals surface area contributed by atoms with E-state index in [-0.39, 0.29) is 17.6 Å². The maximum absolute atomic E-state index is 11.7. The molecule has 0 spiro atoms. The van der Waals surface area contributed by atoms with E-state index in [2.05, 4.69) is 36.7 Å². The largest absolute Gasteiger partial charge is 0.392 e. The summed E-state index contributed by atoms with van der Waals surface area (Å²) in [5, 5.41) is 5.09. The lowest BCUT2D eigenvalue weighted by Crippen LogP contribution is -2.49. The molecule has 0 aliphatic carbocycles. The summed E-state index contributed by atoms with van der Waals surface area (Å²) in [7, 11) is 3.85. The highest BCUT2D eigenvalue weighted by Crippen LogP contribution is 2.05. The van der Waals surface area contributed by atoms with Crippen LogP contribution < -0.4 is 16.4 Å². The lowest BCUT2D eigenvalue weighted by Gasteiger charge is -2.23. The van der Waals surface area contributed by atoms with Gasteiger partial charge >= 0.3 is 11.8 Å². The second-order valence-electron chi connectivity index (χ2n) is 5.21. The molecule has 0 fully saturated rings. The number of hydrogen-bond acceptors (Lipinski definition) is 4. The van der Waals surface area contributed by atoms with Gasteiger partial charge in [-0.05, 0) is 26.4 Å². The second-order valence-corrected chi connectivity index (χ2v) is 5.74. The molecule has 0 aromatic rings. The SMILES string of the molecule is CC(C)CC(CN(C)C)NC(=O)C(=O)NCC(N)=S. The number of likely N-dealkylation sites (N-methyl/N-ethyl adjacent to an activating group) is 1. The first-order valence-electron chi connectivity index (χ1n) is 6.24. The molecule has 110 valence electrons. The van der Waals surface area contributed by atoms with Gasteiger partial charge < -0.3 is 21.3 Å². The maximum atomic E-state index is 11.7. The average Bonchev–Trinajstić information content (AvgIpc) is 2.23. The molecule has 0 rings (SSSR count). The highest BCUT2D eigenvalue weighted by molar-refractivity contribution is 7.80. The zero-order valence-electron chi connectivity index (χ0n) is 12.0. The van der Waals surface area contributed by atoms with Crippen molar-refractivity contribution in [3.63, 3.8) is 0 Å². The van der Waals surface area contributed by atoms with Crippen LogP contribution in [0.3, 0.4) is 0 Å². The molecule has 7 heteroatoms. The van der Waals surface area contributed by atoms with Crippen LogP contribution in [0, 0.1) is 5.92 Å². The molecule has 4 N–H and O–H groups in total. The van der Waals surface area contributed by atoms with Crippen LogP contribution in [0.25, 0.3) is 0 Å². The van der Waals surface area contributed by atoms with Gasteiger partial charge in [-0.3, -0.25) is 9.59 Å². The van der Waals surface area contributed by atoms with Crippen LogP contribution in [0.15, 0.2) is 0 Å². The smallest absolute Gasteiger partial charge is 0.309 e. The predicted octanol–water partition coefficient (Wildman–Crippen LogP) is -0.519. The van der Waals surface area contributed by atoms with Gasteiger partial charge in [-0.15, -0.1) is 0 Å². The Kier molecular flexibility index (Phi) is 8.26. The van der Waals surface area contributed by atoms with Crippen molar-refractivity contribution in [1.29, 1.82) is 0 Å². The van der Waals surface area contributed by atoms with Crippen LogP contribution in [0.1, 0.15) is 20.3 Å². The van der Waals surface area contributed by atoms with Gasteiger partial charge in [0.25, 0.3) is 0 Å². The van der Waals surface area contributed by atoms with E-state index >= 15 is 0 Å². The summed E-state index contributed by atoms with van der Waals surface area (Å²) in [5.41, 5.74) is 5.25. The maximum Gasteiger partial charge on any atom is 0.309 e. The zero-order chi connectivity index (χ0) is 15.0. The molecule has 0 aromatic heterocycles. The van der Waals surface area contributed by atoms with Gasteiger partial charge in [0.1, 0.15) is 0 Å². The van der Waals surface area contributed by atoms with Crippen LogP contribution in [0.5, 0.6) is 0 Å². The van der Waals surface area contributed by atoms with Crippen molar-refractivity contribution in [2.24, 2.45) is 11.7 Å². The number of carbonyl (C=O) groups is 2. The third-order valence-electron chi connectivity index (χ3n) is 2.31. The lowest BCUT2D eigenvalue weighted by atomic mass is 10.0. The van der Waals surface area contributed by atoms with Crippen LogP contribution >= 0.6 is 12.2 Å². The Morgan fingerprint density at radius 2 is 1.84 bits per heavy atom. The predicted molar refractivity (Wildman–Crippen MR) is 79.7 cm³/mol. The summed E-state index contributed by atoms with van der Waals surface area (Å²) in [6.07, 6.45) is 0.812. The third kappa shape index (κ3) is 9.38. The summed E-state index contributed by atoms with van der Waals surface area (Å²) in [4.78, 5) is 25.3. The van der Waals surface area contributed by atoms with Gasteiger partial charge in [-0.25, -0.2) is 0 Å². The minimum absolute atomic E-state index is 0.0319. The van der Waals surface area contributed by atoms with Crippen LogP contribution in [-0.4, -0.2) is 54.9 Å². The normalized spacial score (nSPS) is 12.3. The van der Waals surface area contributed by atoms with Crippen LogP contribution in [0.2, 0.25) is 0 Å². The Morgan fingerprint density at radius 1 is 1.26 bits per heavy atom. The minimum Gasteiger partial charge on any atom is -0.392 e. The van der Waals surface area contributed by atoms with Crippen molar-refractivity contribution < 1.29 is 9.59 Å². The summed E-state index contributed by atoms with van der Waals surface area (Å²) < 4.78 is 0. The number of nitrogens with zero attached hydrogens (tertiary/aromatic N) is 1. The standard InChI is InChI=1S/C12H24N4O2S/c1-8(2)5-9(7-16(3)4)15-12(18)11(17)14-6-10(13)19/h8-9H,5-7H2,1-4H3,(H2,13,19)(H,14,17)(H,15,18). The molecular weight excluding hydrogens is 264 g/mol. The van der Waals surface area contributed by atoms with E-state index in [1.165, 1.54) is 0 Å². The summed E-state index contributed by atoms with van der Waals surface area (Å²) >= 11 is 4.63. The van der Waals surface area contributed by atoms with Crippen molar-refractivity contribution in [3.05, 3.63) is 0 Å². The Balaban J connectivity index is 4.35. The van der Waals surface area contributed by atoms with E-state index in [0.717, 1.165) is 6.42 Å². The fraction of sp³-hybridized carbons (Fsp3) is 0.750. The quantitative estimate of drug-likeness (QED) is 0.433. The van der Waals surface area contributed by atoms with Gasteiger partial charge in [-0.2, -0.15) is 0 Å². The Hall–Kier alpha value is -1.21. The lowest BCUT2D eigenvalue weighted by molar-refractivity contribution is -0.139. The van der Waals surface area contributed by atoms with Gasteiger partial charge in [0.2, 0.25) is 0 Å². The number of amides is 2.